The van der Waals surface area contributed by atoms with E-state index in [0.29, 0.717) is 6.10 Å². The third-order valence-corrected chi connectivity index (χ3v) is 5.65. The Bertz CT molecular complexity index is 222. The van der Waals surface area contributed by atoms with Gasteiger partial charge in [0.15, 0.2) is 0 Å². The molecule has 0 unspecified atom stereocenters. The lowest BCUT2D eigenvalue weighted by molar-refractivity contribution is 0.0134. The molecule has 1 heteroatoms. The highest BCUT2D eigenvalue weighted by atomic mass is 16.5. The van der Waals surface area contributed by atoms with E-state index in [2.05, 4.69) is 13.8 Å². The van der Waals surface area contributed by atoms with Crippen molar-refractivity contribution in [3.05, 3.63) is 0 Å². The standard InChI is InChI=1S/C18H34O/c1-3-5-6-15-7-9-16(10-8-15)17-11-13-18(14-12-17)19-4-2/h15-18H,3-14H2,1-2H3. The van der Waals surface area contributed by atoms with Gasteiger partial charge in [-0.2, -0.15) is 0 Å². The van der Waals surface area contributed by atoms with Gasteiger partial charge in [-0.3, -0.25) is 0 Å². The molecule has 2 rings (SSSR count). The van der Waals surface area contributed by atoms with Crippen molar-refractivity contribution in [2.45, 2.75) is 90.6 Å². The minimum atomic E-state index is 0.585. The van der Waals surface area contributed by atoms with Gasteiger partial charge >= 0.3 is 0 Å². The molecule has 2 aliphatic rings. The zero-order chi connectivity index (χ0) is 13.5. The largest absolute Gasteiger partial charge is 0.379 e. The van der Waals surface area contributed by atoms with E-state index in [1.54, 1.807) is 0 Å². The van der Waals surface area contributed by atoms with Gasteiger partial charge in [-0.05, 0) is 63.2 Å². The molecule has 112 valence electrons. The highest BCUT2D eigenvalue weighted by molar-refractivity contribution is 4.82. The van der Waals surface area contributed by atoms with Gasteiger partial charge in [0, 0.05) is 6.61 Å². The van der Waals surface area contributed by atoms with E-state index in [4.69, 9.17) is 4.74 Å². The average molecular weight is 266 g/mol. The Balaban J connectivity index is 1.65. The number of ether oxygens (including phenoxy) is 1. The van der Waals surface area contributed by atoms with Gasteiger partial charge < -0.3 is 4.74 Å². The molecule has 0 radical (unpaired) electrons. The van der Waals surface area contributed by atoms with E-state index in [1.165, 1.54) is 70.6 Å². The highest BCUT2D eigenvalue weighted by Gasteiger charge is 2.30. The van der Waals surface area contributed by atoms with Crippen LogP contribution < -0.4 is 0 Å². The van der Waals surface area contributed by atoms with Gasteiger partial charge in [-0.1, -0.05) is 39.0 Å². The van der Waals surface area contributed by atoms with Crippen LogP contribution in [0.25, 0.3) is 0 Å². The van der Waals surface area contributed by atoms with Crippen LogP contribution in [-0.4, -0.2) is 12.7 Å². The Hall–Kier alpha value is -0.0400. The molecule has 2 saturated carbocycles. The Kier molecular flexibility index (Phi) is 6.70. The van der Waals surface area contributed by atoms with Crippen molar-refractivity contribution < 1.29 is 4.74 Å². The van der Waals surface area contributed by atoms with Crippen molar-refractivity contribution in [2.75, 3.05) is 6.61 Å². The third kappa shape index (κ3) is 4.77. The summed E-state index contributed by atoms with van der Waals surface area (Å²) in [5.74, 6) is 3.15. The van der Waals surface area contributed by atoms with Crippen LogP contribution in [0, 0.1) is 17.8 Å². The molecule has 0 aromatic rings. The Labute approximate surface area is 120 Å². The van der Waals surface area contributed by atoms with Crippen LogP contribution in [0.1, 0.15) is 84.5 Å². The second kappa shape index (κ2) is 8.29. The zero-order valence-electron chi connectivity index (χ0n) is 13.2. The van der Waals surface area contributed by atoms with Crippen LogP contribution in [0.2, 0.25) is 0 Å². The molecular formula is C18H34O. The lowest BCUT2D eigenvalue weighted by Crippen LogP contribution is -2.28. The molecule has 0 spiro atoms. The molecule has 19 heavy (non-hydrogen) atoms. The summed E-state index contributed by atoms with van der Waals surface area (Å²) in [4.78, 5) is 0. The van der Waals surface area contributed by atoms with Gasteiger partial charge in [-0.25, -0.2) is 0 Å². The molecule has 0 aromatic heterocycles. The third-order valence-electron chi connectivity index (χ3n) is 5.65. The Morgan fingerprint density at radius 3 is 1.89 bits per heavy atom. The van der Waals surface area contributed by atoms with Crippen molar-refractivity contribution in [1.29, 1.82) is 0 Å². The van der Waals surface area contributed by atoms with Crippen molar-refractivity contribution in [2.24, 2.45) is 17.8 Å². The van der Waals surface area contributed by atoms with E-state index in [9.17, 15) is 0 Å². The summed E-state index contributed by atoms with van der Waals surface area (Å²) >= 11 is 0. The van der Waals surface area contributed by atoms with Crippen molar-refractivity contribution >= 4 is 0 Å². The molecule has 0 aliphatic heterocycles. The normalized spacial score (nSPS) is 36.3. The molecule has 0 amide bonds. The van der Waals surface area contributed by atoms with Gasteiger partial charge in [0.05, 0.1) is 6.10 Å². The average Bonchev–Trinajstić information content (AvgIpc) is 2.47. The second-order valence-electron chi connectivity index (χ2n) is 6.92. The van der Waals surface area contributed by atoms with E-state index in [-0.39, 0.29) is 0 Å². The van der Waals surface area contributed by atoms with E-state index < -0.39 is 0 Å². The predicted octanol–water partition coefficient (Wildman–Crippen LogP) is 5.58. The first-order chi connectivity index (χ1) is 9.33. The van der Waals surface area contributed by atoms with Gasteiger partial charge in [0.25, 0.3) is 0 Å². The van der Waals surface area contributed by atoms with Gasteiger partial charge in [0.2, 0.25) is 0 Å². The molecule has 2 fully saturated rings. The summed E-state index contributed by atoms with van der Waals surface area (Å²) in [5.41, 5.74) is 0. The maximum absolute atomic E-state index is 5.78. The summed E-state index contributed by atoms with van der Waals surface area (Å²) in [7, 11) is 0. The summed E-state index contributed by atoms with van der Waals surface area (Å²) in [6, 6.07) is 0. The lowest BCUT2D eigenvalue weighted by atomic mass is 9.70. The van der Waals surface area contributed by atoms with Crippen LogP contribution >= 0.6 is 0 Å². The van der Waals surface area contributed by atoms with Crippen LogP contribution in [0.4, 0.5) is 0 Å². The first-order valence-electron chi connectivity index (χ1n) is 8.95. The van der Waals surface area contributed by atoms with Crippen LogP contribution in [0.15, 0.2) is 0 Å². The number of rotatable bonds is 6. The zero-order valence-corrected chi connectivity index (χ0v) is 13.2. The number of hydrogen-bond donors (Lipinski definition) is 0. The minimum absolute atomic E-state index is 0.585. The van der Waals surface area contributed by atoms with Crippen LogP contribution in [0.5, 0.6) is 0 Å². The maximum Gasteiger partial charge on any atom is 0.0575 e. The number of hydrogen-bond acceptors (Lipinski definition) is 1. The molecule has 2 aliphatic carbocycles. The molecule has 0 atom stereocenters. The fourth-order valence-corrected chi connectivity index (χ4v) is 4.40. The second-order valence-corrected chi connectivity index (χ2v) is 6.92. The molecule has 0 saturated heterocycles. The van der Waals surface area contributed by atoms with E-state index >= 15 is 0 Å². The smallest absolute Gasteiger partial charge is 0.0575 e. The Morgan fingerprint density at radius 1 is 0.789 bits per heavy atom. The first-order valence-corrected chi connectivity index (χ1v) is 8.95. The van der Waals surface area contributed by atoms with Crippen molar-refractivity contribution in [3.8, 4) is 0 Å². The van der Waals surface area contributed by atoms with Crippen molar-refractivity contribution in [1.82, 2.24) is 0 Å². The summed E-state index contributed by atoms with van der Waals surface area (Å²) < 4.78 is 5.78. The first kappa shape index (κ1) is 15.4. The SMILES string of the molecule is CCCCC1CCC(C2CCC(OCC)CC2)CC1. The highest BCUT2D eigenvalue weighted by Crippen LogP contribution is 2.41. The summed E-state index contributed by atoms with van der Waals surface area (Å²) in [6.07, 6.45) is 16.5. The summed E-state index contributed by atoms with van der Waals surface area (Å²) in [6.45, 7) is 5.35. The molecule has 0 aromatic carbocycles. The maximum atomic E-state index is 5.78. The fraction of sp³-hybridized carbons (Fsp3) is 1.00. The van der Waals surface area contributed by atoms with Crippen molar-refractivity contribution in [3.63, 3.8) is 0 Å². The molecule has 0 bridgehead atoms. The van der Waals surface area contributed by atoms with Gasteiger partial charge in [0.1, 0.15) is 0 Å². The minimum Gasteiger partial charge on any atom is -0.379 e. The molecule has 0 heterocycles. The van der Waals surface area contributed by atoms with E-state index in [1.807, 2.05) is 0 Å². The molecule has 1 nitrogen and oxygen atoms in total. The number of unbranched alkanes of at least 4 members (excludes halogenated alkanes) is 1. The van der Waals surface area contributed by atoms with Gasteiger partial charge in [-0.15, -0.1) is 0 Å². The summed E-state index contributed by atoms with van der Waals surface area (Å²) in [5, 5.41) is 0. The Morgan fingerprint density at radius 2 is 1.37 bits per heavy atom. The topological polar surface area (TPSA) is 9.23 Å². The van der Waals surface area contributed by atoms with Crippen LogP contribution in [0.3, 0.4) is 0 Å². The lowest BCUT2D eigenvalue weighted by Gasteiger charge is -2.37. The predicted molar refractivity (Wildman–Crippen MR) is 82.3 cm³/mol. The fourth-order valence-electron chi connectivity index (χ4n) is 4.40. The molecular weight excluding hydrogens is 232 g/mol. The molecule has 0 N–H and O–H groups in total. The quantitative estimate of drug-likeness (QED) is 0.610. The monoisotopic (exact) mass is 266 g/mol. The van der Waals surface area contributed by atoms with Crippen LogP contribution in [-0.2, 0) is 4.74 Å². The van der Waals surface area contributed by atoms with E-state index in [0.717, 1.165) is 24.4 Å².